The predicted octanol–water partition coefficient (Wildman–Crippen LogP) is 4.02. The van der Waals surface area contributed by atoms with Crippen molar-refractivity contribution in [3.8, 4) is 18.4 Å². The van der Waals surface area contributed by atoms with E-state index in [0.29, 0.717) is 16.9 Å². The first kappa shape index (κ1) is 30.3. The van der Waals surface area contributed by atoms with Gasteiger partial charge in [0.15, 0.2) is 0 Å². The summed E-state index contributed by atoms with van der Waals surface area (Å²) in [6.07, 6.45) is 6.91. The molecule has 2 atom stereocenters. The Morgan fingerprint density at radius 3 is 2.32 bits per heavy atom. The summed E-state index contributed by atoms with van der Waals surface area (Å²) in [6.45, 7) is 5.03. The molecule has 3 amide bonds. The normalized spacial score (nSPS) is 12.3. The van der Waals surface area contributed by atoms with Gasteiger partial charge in [0.2, 0.25) is 11.8 Å². The van der Waals surface area contributed by atoms with Gasteiger partial charge in [0, 0.05) is 12.1 Å². The average molecular weight is 535 g/mol. The van der Waals surface area contributed by atoms with Crippen molar-refractivity contribution in [1.82, 2.24) is 15.5 Å². The van der Waals surface area contributed by atoms with Crippen molar-refractivity contribution in [3.63, 3.8) is 0 Å². The summed E-state index contributed by atoms with van der Waals surface area (Å²) in [6, 6.07) is 15.9. The van der Waals surface area contributed by atoms with Gasteiger partial charge in [-0.3, -0.25) is 9.59 Å². The molecule has 2 aromatic carbocycles. The van der Waals surface area contributed by atoms with Crippen LogP contribution in [0, 0.1) is 23.7 Å². The van der Waals surface area contributed by atoms with E-state index in [1.54, 1.807) is 45.0 Å². The fourth-order valence-corrected chi connectivity index (χ4v) is 4.10. The number of nitrogens with zero attached hydrogens (tertiary/aromatic N) is 2. The van der Waals surface area contributed by atoms with Crippen LogP contribution < -0.4 is 10.6 Å². The number of benzene rings is 2. The lowest BCUT2D eigenvalue weighted by atomic mass is 10.0. The van der Waals surface area contributed by atoms with E-state index in [2.05, 4.69) is 16.6 Å². The molecule has 0 radical (unpaired) electrons. The predicted molar refractivity (Wildman–Crippen MR) is 149 cm³/mol. The third-order valence-corrected chi connectivity index (χ3v) is 6.03. The number of carbonyl (C=O) groups excluding carboxylic acids is 3. The van der Waals surface area contributed by atoms with E-state index in [1.807, 2.05) is 42.7 Å². The molecule has 0 aromatic heterocycles. The first-order valence-electron chi connectivity index (χ1n) is 12.1. The highest BCUT2D eigenvalue weighted by Gasteiger charge is 2.36. The zero-order valence-electron chi connectivity index (χ0n) is 22.2. The van der Waals surface area contributed by atoms with Gasteiger partial charge in [0.05, 0.1) is 6.07 Å². The summed E-state index contributed by atoms with van der Waals surface area (Å²) in [4.78, 5) is 41.1. The number of nitrogens with one attached hydrogen (secondary N) is 2. The highest BCUT2D eigenvalue weighted by molar-refractivity contribution is 7.98. The van der Waals surface area contributed by atoms with E-state index in [-0.39, 0.29) is 19.5 Å². The fourth-order valence-electron chi connectivity index (χ4n) is 3.63. The van der Waals surface area contributed by atoms with Crippen LogP contribution in [0.3, 0.4) is 0 Å². The van der Waals surface area contributed by atoms with Gasteiger partial charge in [0.1, 0.15) is 24.2 Å². The number of hydrogen-bond acceptors (Lipinski definition) is 6. The molecule has 0 bridgehead atoms. The molecule has 0 aliphatic carbocycles. The molecule has 8 nitrogen and oxygen atoms in total. The first-order valence-corrected chi connectivity index (χ1v) is 13.5. The van der Waals surface area contributed by atoms with Gasteiger partial charge >= 0.3 is 6.09 Å². The fraction of sp³-hybridized carbons (Fsp3) is 0.379. The third-order valence-electron chi connectivity index (χ3n) is 5.39. The molecule has 0 aliphatic rings. The number of alkyl carbamates (subject to hydrolysis) is 1. The van der Waals surface area contributed by atoms with Gasteiger partial charge in [-0.15, -0.1) is 6.42 Å². The van der Waals surface area contributed by atoms with Crippen LogP contribution in [-0.2, 0) is 20.9 Å². The second-order valence-electron chi connectivity index (χ2n) is 9.48. The molecule has 2 unspecified atom stereocenters. The van der Waals surface area contributed by atoms with E-state index < -0.39 is 35.6 Å². The summed E-state index contributed by atoms with van der Waals surface area (Å²) in [5.41, 5.74) is 1.21. The molecule has 0 fully saturated rings. The molecule has 0 aliphatic heterocycles. The van der Waals surface area contributed by atoms with Crippen molar-refractivity contribution in [2.24, 2.45) is 0 Å². The SMILES string of the molecule is C#Cc1ccc(C(C(=O)NCc2ccccc2)N(CC#N)C(=O)C(CCSC)NC(=O)OC(C)(C)C)cc1. The lowest BCUT2D eigenvalue weighted by Gasteiger charge is -2.33. The average Bonchev–Trinajstić information content (AvgIpc) is 2.89. The highest BCUT2D eigenvalue weighted by Crippen LogP contribution is 2.24. The zero-order chi connectivity index (χ0) is 28.1. The minimum Gasteiger partial charge on any atom is -0.444 e. The lowest BCUT2D eigenvalue weighted by molar-refractivity contribution is -0.141. The van der Waals surface area contributed by atoms with Gasteiger partial charge in [-0.1, -0.05) is 48.4 Å². The standard InChI is InChI=1S/C29H34N4O4S/c1-6-21-12-14-23(15-13-21)25(26(34)31-20-22-10-8-7-9-11-22)33(18-17-30)27(35)24(16-19-38-5)32-28(36)37-29(2,3)4/h1,7-15,24-25H,16,18-20H2,2-5H3,(H,31,34)(H,32,36). The van der Waals surface area contributed by atoms with Crippen LogP contribution in [0.4, 0.5) is 4.79 Å². The Bertz CT molecular complexity index is 1160. The maximum Gasteiger partial charge on any atom is 0.408 e. The number of hydrogen-bond donors (Lipinski definition) is 2. The largest absolute Gasteiger partial charge is 0.444 e. The Kier molecular flexibility index (Phi) is 11.7. The molecule has 0 heterocycles. The Labute approximate surface area is 229 Å². The van der Waals surface area contributed by atoms with Gasteiger partial charge in [-0.25, -0.2) is 4.79 Å². The minimum absolute atomic E-state index is 0.235. The van der Waals surface area contributed by atoms with Gasteiger partial charge in [0.25, 0.3) is 0 Å². The molecule has 0 saturated heterocycles. The van der Waals surface area contributed by atoms with Gasteiger partial charge < -0.3 is 20.3 Å². The number of nitriles is 1. The maximum absolute atomic E-state index is 13.8. The van der Waals surface area contributed by atoms with Crippen molar-refractivity contribution in [2.75, 3.05) is 18.6 Å². The second-order valence-corrected chi connectivity index (χ2v) is 10.5. The topological polar surface area (TPSA) is 112 Å². The van der Waals surface area contributed by atoms with Gasteiger partial charge in [-0.05, 0) is 62.5 Å². The van der Waals surface area contributed by atoms with Crippen LogP contribution >= 0.6 is 11.8 Å². The van der Waals surface area contributed by atoms with Crippen LogP contribution in [0.1, 0.15) is 49.9 Å². The zero-order valence-corrected chi connectivity index (χ0v) is 23.0. The van der Waals surface area contributed by atoms with Crippen molar-refractivity contribution in [3.05, 3.63) is 71.3 Å². The van der Waals surface area contributed by atoms with Crippen molar-refractivity contribution < 1.29 is 19.1 Å². The van der Waals surface area contributed by atoms with E-state index in [1.165, 1.54) is 16.7 Å². The quantitative estimate of drug-likeness (QED) is 0.333. The Hall–Kier alpha value is -3.95. The molecule has 0 spiro atoms. The molecule has 0 saturated carbocycles. The van der Waals surface area contributed by atoms with E-state index >= 15 is 0 Å². The second kappa shape index (κ2) is 14.7. The molecule has 2 N–H and O–H groups in total. The van der Waals surface area contributed by atoms with Crippen LogP contribution in [0.2, 0.25) is 0 Å². The Balaban J connectivity index is 2.43. The van der Waals surface area contributed by atoms with E-state index in [4.69, 9.17) is 11.2 Å². The Morgan fingerprint density at radius 1 is 1.11 bits per heavy atom. The summed E-state index contributed by atoms with van der Waals surface area (Å²) in [5.74, 6) is 2.07. The summed E-state index contributed by atoms with van der Waals surface area (Å²) in [7, 11) is 0. The monoisotopic (exact) mass is 534 g/mol. The smallest absolute Gasteiger partial charge is 0.408 e. The Morgan fingerprint density at radius 2 is 1.76 bits per heavy atom. The number of terminal acetylenes is 1. The summed E-state index contributed by atoms with van der Waals surface area (Å²) in [5, 5.41) is 15.1. The van der Waals surface area contributed by atoms with Crippen molar-refractivity contribution >= 4 is 29.7 Å². The number of rotatable bonds is 11. The molecular weight excluding hydrogens is 500 g/mol. The summed E-state index contributed by atoms with van der Waals surface area (Å²) < 4.78 is 5.35. The summed E-state index contributed by atoms with van der Waals surface area (Å²) >= 11 is 1.51. The van der Waals surface area contributed by atoms with Gasteiger partial charge in [-0.2, -0.15) is 17.0 Å². The molecule has 38 heavy (non-hydrogen) atoms. The van der Waals surface area contributed by atoms with Crippen LogP contribution in [0.15, 0.2) is 54.6 Å². The minimum atomic E-state index is -1.13. The van der Waals surface area contributed by atoms with Crippen LogP contribution in [-0.4, -0.2) is 53.0 Å². The molecule has 200 valence electrons. The lowest BCUT2D eigenvalue weighted by Crippen LogP contribution is -2.53. The number of amides is 3. The van der Waals surface area contributed by atoms with Crippen LogP contribution in [0.5, 0.6) is 0 Å². The maximum atomic E-state index is 13.8. The molecular formula is C29H34N4O4S. The van der Waals surface area contributed by atoms with E-state index in [0.717, 1.165) is 5.56 Å². The molecule has 9 heteroatoms. The third kappa shape index (κ3) is 9.49. The van der Waals surface area contributed by atoms with Crippen molar-refractivity contribution in [2.45, 2.75) is 51.4 Å². The molecule has 2 aromatic rings. The number of carbonyl (C=O) groups is 3. The highest BCUT2D eigenvalue weighted by atomic mass is 32.2. The van der Waals surface area contributed by atoms with E-state index in [9.17, 15) is 19.6 Å². The molecule has 2 rings (SSSR count). The number of thioether (sulfide) groups is 1. The van der Waals surface area contributed by atoms with Crippen molar-refractivity contribution in [1.29, 1.82) is 5.26 Å². The first-order chi connectivity index (χ1) is 18.1. The van der Waals surface area contributed by atoms with Crippen LogP contribution in [0.25, 0.3) is 0 Å². The number of ether oxygens (including phenoxy) is 1.